The topological polar surface area (TPSA) is 96.8 Å². The van der Waals surface area contributed by atoms with Crippen molar-refractivity contribution in [2.75, 3.05) is 5.32 Å². The monoisotopic (exact) mass is 380 g/mol. The molecule has 27 heavy (non-hydrogen) atoms. The van der Waals surface area contributed by atoms with E-state index in [4.69, 9.17) is 0 Å². The van der Waals surface area contributed by atoms with Crippen LogP contribution >= 0.6 is 11.3 Å². The predicted molar refractivity (Wildman–Crippen MR) is 106 cm³/mol. The summed E-state index contributed by atoms with van der Waals surface area (Å²) in [5, 5.41) is 6.47. The second-order valence-corrected chi connectivity index (χ2v) is 7.26. The minimum absolute atomic E-state index is 0.0448. The number of aromatic nitrogens is 3. The summed E-state index contributed by atoms with van der Waals surface area (Å²) >= 11 is 1.40. The molecule has 2 aromatic carbocycles. The lowest BCUT2D eigenvalue weighted by Crippen LogP contribution is -2.31. The molecule has 0 radical (unpaired) electrons. The number of nitrogens with zero attached hydrogens (tertiary/aromatic N) is 2. The molecule has 0 saturated heterocycles. The third kappa shape index (κ3) is 3.39. The van der Waals surface area contributed by atoms with Crippen molar-refractivity contribution in [2.24, 2.45) is 0 Å². The first kappa shape index (κ1) is 17.2. The first-order chi connectivity index (χ1) is 13.0. The van der Waals surface area contributed by atoms with Crippen LogP contribution in [0.5, 0.6) is 0 Å². The highest BCUT2D eigenvalue weighted by molar-refractivity contribution is 7.22. The molecule has 4 aromatic rings. The molecule has 1 amide bonds. The number of nitrogens with one attached hydrogen (secondary N) is 2. The summed E-state index contributed by atoms with van der Waals surface area (Å²) in [7, 11) is 0. The summed E-state index contributed by atoms with van der Waals surface area (Å²) in [5.41, 5.74) is 1.28. The summed E-state index contributed by atoms with van der Waals surface area (Å²) in [4.78, 5) is 41.2. The second-order valence-electron chi connectivity index (χ2n) is 6.23. The van der Waals surface area contributed by atoms with Gasteiger partial charge in [0.25, 0.3) is 11.1 Å². The summed E-state index contributed by atoms with van der Waals surface area (Å²) in [6.45, 7) is 2.08. The fourth-order valence-electron chi connectivity index (χ4n) is 2.88. The van der Waals surface area contributed by atoms with Gasteiger partial charge >= 0.3 is 0 Å². The Morgan fingerprint density at radius 2 is 1.96 bits per heavy atom. The van der Waals surface area contributed by atoms with E-state index in [1.54, 1.807) is 24.3 Å². The van der Waals surface area contributed by atoms with Crippen LogP contribution in [0.2, 0.25) is 0 Å². The van der Waals surface area contributed by atoms with Crippen molar-refractivity contribution in [2.45, 2.75) is 19.9 Å². The molecule has 0 spiro atoms. The number of fused-ring (bicyclic) bond motifs is 2. The van der Waals surface area contributed by atoms with Crippen LogP contribution in [-0.2, 0) is 11.3 Å². The van der Waals surface area contributed by atoms with Gasteiger partial charge < -0.3 is 5.32 Å². The first-order valence-electron chi connectivity index (χ1n) is 8.40. The number of benzene rings is 2. The van der Waals surface area contributed by atoms with E-state index in [0.717, 1.165) is 15.8 Å². The highest BCUT2D eigenvalue weighted by atomic mass is 32.1. The van der Waals surface area contributed by atoms with Crippen molar-refractivity contribution in [1.29, 1.82) is 0 Å². The summed E-state index contributed by atoms with van der Waals surface area (Å²) in [5.74, 6) is -0.272. The lowest BCUT2D eigenvalue weighted by atomic mass is 10.2. The summed E-state index contributed by atoms with van der Waals surface area (Å²) in [6, 6.07) is 12.5. The Hall–Kier alpha value is -3.26. The number of hydrogen-bond acceptors (Lipinski definition) is 5. The number of aromatic amines is 1. The predicted octanol–water partition coefficient (Wildman–Crippen LogP) is 2.64. The lowest BCUT2D eigenvalue weighted by Gasteiger charge is -2.07. The molecule has 0 saturated carbocycles. The number of rotatable bonds is 4. The second kappa shape index (κ2) is 6.81. The first-order valence-corrected chi connectivity index (χ1v) is 9.22. The summed E-state index contributed by atoms with van der Waals surface area (Å²) in [6.07, 6.45) is 0.0448. The van der Waals surface area contributed by atoms with E-state index < -0.39 is 0 Å². The van der Waals surface area contributed by atoms with E-state index in [1.165, 1.54) is 16.0 Å². The number of hydrogen-bond donors (Lipinski definition) is 2. The zero-order valence-electron chi connectivity index (χ0n) is 14.5. The number of H-pyrrole nitrogens is 1. The molecule has 2 aromatic heterocycles. The molecular formula is C19H16N4O3S. The molecular weight excluding hydrogens is 364 g/mol. The van der Waals surface area contributed by atoms with Gasteiger partial charge in [0.15, 0.2) is 5.13 Å². The maximum absolute atomic E-state index is 12.5. The summed E-state index contributed by atoms with van der Waals surface area (Å²) < 4.78 is 2.17. The maximum atomic E-state index is 12.5. The van der Waals surface area contributed by atoms with Crippen LogP contribution < -0.4 is 16.4 Å². The van der Waals surface area contributed by atoms with Gasteiger partial charge in [-0.3, -0.25) is 19.5 Å². The quantitative estimate of drug-likeness (QED) is 0.569. The third-order valence-electron chi connectivity index (χ3n) is 4.24. The Bertz CT molecular complexity index is 1290. The molecule has 136 valence electrons. The van der Waals surface area contributed by atoms with Crippen LogP contribution in [0.15, 0.2) is 52.1 Å². The normalized spacial score (nSPS) is 11.1. The number of anilines is 1. The van der Waals surface area contributed by atoms with Crippen molar-refractivity contribution in [1.82, 2.24) is 14.8 Å². The smallest absolute Gasteiger partial charge is 0.273 e. The molecule has 0 aliphatic carbocycles. The zero-order chi connectivity index (χ0) is 19.0. The van der Waals surface area contributed by atoms with Crippen molar-refractivity contribution in [3.63, 3.8) is 0 Å². The Balaban J connectivity index is 1.50. The Morgan fingerprint density at radius 3 is 2.78 bits per heavy atom. The van der Waals surface area contributed by atoms with Crippen LogP contribution in [0, 0.1) is 6.92 Å². The SMILES string of the molecule is Cc1ccc2nc(NC(=O)CCn3[nH]c(=O)c4ccccc4c3=O)sc2c1. The molecule has 0 unspecified atom stereocenters. The minimum Gasteiger partial charge on any atom is -0.302 e. The fraction of sp³-hybridized carbons (Fsp3) is 0.158. The highest BCUT2D eigenvalue weighted by Crippen LogP contribution is 2.26. The lowest BCUT2D eigenvalue weighted by molar-refractivity contribution is -0.116. The third-order valence-corrected chi connectivity index (χ3v) is 5.17. The molecule has 7 nitrogen and oxygen atoms in total. The Labute approximate surface area is 157 Å². The van der Waals surface area contributed by atoms with E-state index >= 15 is 0 Å². The van der Waals surface area contributed by atoms with Gasteiger partial charge in [0.05, 0.1) is 27.5 Å². The molecule has 0 bridgehead atoms. The van der Waals surface area contributed by atoms with Crippen LogP contribution in [0.4, 0.5) is 5.13 Å². The molecule has 4 rings (SSSR count). The Morgan fingerprint density at radius 1 is 1.19 bits per heavy atom. The van der Waals surface area contributed by atoms with E-state index in [2.05, 4.69) is 15.4 Å². The van der Waals surface area contributed by atoms with Gasteiger partial charge in [0.1, 0.15) is 0 Å². The van der Waals surface area contributed by atoms with Crippen LogP contribution in [0.1, 0.15) is 12.0 Å². The molecule has 2 heterocycles. The molecule has 0 atom stereocenters. The van der Waals surface area contributed by atoms with Crippen LogP contribution in [0.25, 0.3) is 21.0 Å². The van der Waals surface area contributed by atoms with Crippen molar-refractivity contribution in [3.8, 4) is 0 Å². The van der Waals surface area contributed by atoms with Gasteiger partial charge in [-0.05, 0) is 36.8 Å². The van der Waals surface area contributed by atoms with E-state index in [0.29, 0.717) is 15.9 Å². The number of carbonyl (C=O) groups excluding carboxylic acids is 1. The van der Waals surface area contributed by atoms with Gasteiger partial charge in [0.2, 0.25) is 5.91 Å². The largest absolute Gasteiger partial charge is 0.302 e. The average Bonchev–Trinajstić information content (AvgIpc) is 3.04. The van der Waals surface area contributed by atoms with Crippen LogP contribution in [0.3, 0.4) is 0 Å². The molecule has 0 aliphatic rings. The van der Waals surface area contributed by atoms with Crippen molar-refractivity contribution in [3.05, 3.63) is 68.7 Å². The Kier molecular flexibility index (Phi) is 4.33. The van der Waals surface area contributed by atoms with Crippen molar-refractivity contribution >= 4 is 43.4 Å². The van der Waals surface area contributed by atoms with Gasteiger partial charge in [-0.15, -0.1) is 0 Å². The highest BCUT2D eigenvalue weighted by Gasteiger charge is 2.11. The van der Waals surface area contributed by atoms with Gasteiger partial charge in [-0.1, -0.05) is 29.5 Å². The molecule has 0 fully saturated rings. The van der Waals surface area contributed by atoms with Gasteiger partial charge in [-0.2, -0.15) is 0 Å². The van der Waals surface area contributed by atoms with Gasteiger partial charge in [0, 0.05) is 6.42 Å². The molecule has 0 aliphatic heterocycles. The van der Waals surface area contributed by atoms with E-state index in [1.807, 2.05) is 25.1 Å². The number of amides is 1. The van der Waals surface area contributed by atoms with E-state index in [-0.39, 0.29) is 30.0 Å². The average molecular weight is 380 g/mol. The molecule has 8 heteroatoms. The number of aryl methyl sites for hydroxylation is 2. The van der Waals surface area contributed by atoms with E-state index in [9.17, 15) is 14.4 Å². The van der Waals surface area contributed by atoms with Crippen molar-refractivity contribution < 1.29 is 4.79 Å². The van der Waals surface area contributed by atoms with Gasteiger partial charge in [-0.25, -0.2) is 9.67 Å². The maximum Gasteiger partial charge on any atom is 0.273 e. The standard InChI is InChI=1S/C19H16N4O3S/c1-11-6-7-14-15(10-11)27-19(20-14)21-16(24)8-9-23-18(26)13-5-3-2-4-12(13)17(25)22-23/h2-7,10H,8-9H2,1H3,(H,22,25)(H,20,21,24). The zero-order valence-corrected chi connectivity index (χ0v) is 15.3. The van der Waals surface area contributed by atoms with Crippen LogP contribution in [-0.4, -0.2) is 20.7 Å². The number of thiazole rings is 1. The number of carbonyl (C=O) groups is 1. The minimum atomic E-state index is -0.354. The fourth-order valence-corrected chi connectivity index (χ4v) is 3.86. The molecule has 2 N–H and O–H groups in total.